The molecule has 3 rings (SSSR count). The second-order valence-electron chi connectivity index (χ2n) is 4.89. The predicted octanol–water partition coefficient (Wildman–Crippen LogP) is 2.47. The van der Waals surface area contributed by atoms with Crippen LogP contribution in [0.3, 0.4) is 0 Å². The summed E-state index contributed by atoms with van der Waals surface area (Å²) in [4.78, 5) is 11.0. The number of phenolic OH excluding ortho intramolecular Hbond substituents is 1. The Labute approximate surface area is 88.9 Å². The standard InChI is InChI=1S/C13H14O2/c14-8-13(4-5-13)12-7-11(12)9-2-1-3-10(15)6-9/h1-3,6,8,11-12,15H,4-5,7H2. The minimum absolute atomic E-state index is 0.0100. The summed E-state index contributed by atoms with van der Waals surface area (Å²) >= 11 is 0. The number of aromatic hydroxyl groups is 1. The monoisotopic (exact) mass is 202 g/mol. The van der Waals surface area contributed by atoms with Crippen molar-refractivity contribution in [1.82, 2.24) is 0 Å². The van der Waals surface area contributed by atoms with Crippen molar-refractivity contribution in [3.8, 4) is 5.75 Å². The van der Waals surface area contributed by atoms with Crippen LogP contribution in [0.4, 0.5) is 0 Å². The van der Waals surface area contributed by atoms with E-state index in [0.717, 1.165) is 25.5 Å². The first-order chi connectivity index (χ1) is 7.25. The smallest absolute Gasteiger partial charge is 0.126 e. The van der Waals surface area contributed by atoms with Crippen molar-refractivity contribution < 1.29 is 9.90 Å². The second-order valence-corrected chi connectivity index (χ2v) is 4.89. The fourth-order valence-electron chi connectivity index (χ4n) is 2.67. The number of hydrogen-bond acceptors (Lipinski definition) is 2. The molecule has 15 heavy (non-hydrogen) atoms. The van der Waals surface area contributed by atoms with E-state index < -0.39 is 0 Å². The third kappa shape index (κ3) is 1.36. The quantitative estimate of drug-likeness (QED) is 0.764. The van der Waals surface area contributed by atoms with Crippen molar-refractivity contribution in [2.75, 3.05) is 0 Å². The molecule has 0 aliphatic heterocycles. The van der Waals surface area contributed by atoms with Crippen molar-refractivity contribution in [2.45, 2.75) is 25.2 Å². The maximum Gasteiger partial charge on any atom is 0.126 e. The Bertz CT molecular complexity index is 407. The molecule has 2 unspecified atom stereocenters. The van der Waals surface area contributed by atoms with E-state index in [1.54, 1.807) is 6.07 Å². The molecule has 0 spiro atoms. The molecule has 0 aromatic heterocycles. The van der Waals surface area contributed by atoms with E-state index in [-0.39, 0.29) is 5.41 Å². The molecule has 1 aromatic rings. The molecule has 2 saturated carbocycles. The van der Waals surface area contributed by atoms with Crippen molar-refractivity contribution in [1.29, 1.82) is 0 Å². The number of carbonyl (C=O) groups is 1. The Kier molecular flexibility index (Phi) is 1.70. The number of aldehydes is 1. The number of phenols is 1. The molecule has 0 radical (unpaired) electrons. The lowest BCUT2D eigenvalue weighted by Crippen LogP contribution is -2.05. The van der Waals surface area contributed by atoms with Gasteiger partial charge in [0.2, 0.25) is 0 Å². The highest BCUT2D eigenvalue weighted by Crippen LogP contribution is 2.66. The van der Waals surface area contributed by atoms with Gasteiger partial charge in [-0.25, -0.2) is 0 Å². The van der Waals surface area contributed by atoms with E-state index >= 15 is 0 Å². The summed E-state index contributed by atoms with van der Waals surface area (Å²) in [5, 5.41) is 9.38. The third-order valence-corrected chi connectivity index (χ3v) is 3.89. The molecule has 2 heteroatoms. The van der Waals surface area contributed by atoms with Gasteiger partial charge in [-0.3, -0.25) is 0 Å². The van der Waals surface area contributed by atoms with Gasteiger partial charge in [-0.05, 0) is 48.8 Å². The summed E-state index contributed by atoms with van der Waals surface area (Å²) in [6, 6.07) is 7.44. The maximum atomic E-state index is 11.0. The highest BCUT2D eigenvalue weighted by Gasteiger charge is 2.59. The van der Waals surface area contributed by atoms with E-state index in [0.29, 0.717) is 17.6 Å². The van der Waals surface area contributed by atoms with Gasteiger partial charge in [0, 0.05) is 5.41 Å². The van der Waals surface area contributed by atoms with Crippen LogP contribution in [0.15, 0.2) is 24.3 Å². The average molecular weight is 202 g/mol. The molecule has 78 valence electrons. The highest BCUT2D eigenvalue weighted by molar-refractivity contribution is 5.65. The summed E-state index contributed by atoms with van der Waals surface area (Å²) in [5.74, 6) is 1.37. The van der Waals surface area contributed by atoms with Gasteiger partial charge in [0.25, 0.3) is 0 Å². The molecular formula is C13H14O2. The van der Waals surface area contributed by atoms with Gasteiger partial charge in [-0.15, -0.1) is 0 Å². The molecule has 2 aliphatic carbocycles. The fraction of sp³-hybridized carbons (Fsp3) is 0.462. The zero-order chi connectivity index (χ0) is 10.5. The summed E-state index contributed by atoms with van der Waals surface area (Å²) in [5.41, 5.74) is 1.20. The number of carbonyl (C=O) groups excluding carboxylic acids is 1. The Balaban J connectivity index is 1.79. The minimum Gasteiger partial charge on any atom is -0.508 e. The average Bonchev–Trinajstić information content (AvgIpc) is 3.12. The fourth-order valence-corrected chi connectivity index (χ4v) is 2.67. The van der Waals surface area contributed by atoms with Crippen LogP contribution < -0.4 is 0 Å². The topological polar surface area (TPSA) is 37.3 Å². The molecular weight excluding hydrogens is 188 g/mol. The Morgan fingerprint density at radius 3 is 2.80 bits per heavy atom. The lowest BCUT2D eigenvalue weighted by atomic mass is 9.98. The normalized spacial score (nSPS) is 30.9. The molecule has 0 bridgehead atoms. The van der Waals surface area contributed by atoms with Crippen LogP contribution in [0, 0.1) is 11.3 Å². The van der Waals surface area contributed by atoms with Crippen LogP contribution in [-0.2, 0) is 4.79 Å². The lowest BCUT2D eigenvalue weighted by Gasteiger charge is -2.05. The van der Waals surface area contributed by atoms with Crippen LogP contribution in [0.1, 0.15) is 30.7 Å². The van der Waals surface area contributed by atoms with Crippen molar-refractivity contribution in [3.05, 3.63) is 29.8 Å². The maximum absolute atomic E-state index is 11.0. The van der Waals surface area contributed by atoms with Gasteiger partial charge in [0.15, 0.2) is 0 Å². The number of rotatable bonds is 3. The summed E-state index contributed by atoms with van der Waals surface area (Å²) in [6.45, 7) is 0. The molecule has 1 N–H and O–H groups in total. The first kappa shape index (κ1) is 8.96. The molecule has 0 saturated heterocycles. The van der Waals surface area contributed by atoms with E-state index in [4.69, 9.17) is 0 Å². The SMILES string of the molecule is O=CC1(C2CC2c2cccc(O)c2)CC1. The van der Waals surface area contributed by atoms with Crippen molar-refractivity contribution in [3.63, 3.8) is 0 Å². The summed E-state index contributed by atoms with van der Waals surface area (Å²) in [7, 11) is 0. The van der Waals surface area contributed by atoms with Crippen molar-refractivity contribution >= 4 is 6.29 Å². The molecule has 1 aromatic carbocycles. The van der Waals surface area contributed by atoms with Crippen LogP contribution >= 0.6 is 0 Å². The third-order valence-electron chi connectivity index (χ3n) is 3.89. The molecule has 2 atom stereocenters. The molecule has 0 heterocycles. The first-order valence-electron chi connectivity index (χ1n) is 5.50. The predicted molar refractivity (Wildman–Crippen MR) is 56.7 cm³/mol. The zero-order valence-electron chi connectivity index (χ0n) is 8.52. The van der Waals surface area contributed by atoms with E-state index in [1.807, 2.05) is 18.2 Å². The second kappa shape index (κ2) is 2.84. The van der Waals surface area contributed by atoms with Gasteiger partial charge < -0.3 is 9.90 Å². The van der Waals surface area contributed by atoms with E-state index in [9.17, 15) is 9.90 Å². The molecule has 0 amide bonds. The lowest BCUT2D eigenvalue weighted by molar-refractivity contribution is -0.112. The molecule has 2 fully saturated rings. The Hall–Kier alpha value is -1.31. The summed E-state index contributed by atoms with van der Waals surface area (Å²) in [6.07, 6.45) is 4.40. The number of hydrogen-bond donors (Lipinski definition) is 1. The van der Waals surface area contributed by atoms with Gasteiger partial charge >= 0.3 is 0 Å². The minimum atomic E-state index is 0.0100. The van der Waals surface area contributed by atoms with Crippen LogP contribution in [-0.4, -0.2) is 11.4 Å². The van der Waals surface area contributed by atoms with E-state index in [2.05, 4.69) is 0 Å². The highest BCUT2D eigenvalue weighted by atomic mass is 16.3. The Morgan fingerprint density at radius 1 is 1.40 bits per heavy atom. The molecule has 2 aliphatic rings. The zero-order valence-corrected chi connectivity index (χ0v) is 8.52. The van der Waals surface area contributed by atoms with Gasteiger partial charge in [0.05, 0.1) is 0 Å². The van der Waals surface area contributed by atoms with Crippen LogP contribution in [0.5, 0.6) is 5.75 Å². The summed E-state index contributed by atoms with van der Waals surface area (Å²) < 4.78 is 0. The van der Waals surface area contributed by atoms with Gasteiger partial charge in [0.1, 0.15) is 12.0 Å². The van der Waals surface area contributed by atoms with Crippen LogP contribution in [0.25, 0.3) is 0 Å². The van der Waals surface area contributed by atoms with Gasteiger partial charge in [-0.1, -0.05) is 12.1 Å². The van der Waals surface area contributed by atoms with Gasteiger partial charge in [-0.2, -0.15) is 0 Å². The first-order valence-corrected chi connectivity index (χ1v) is 5.50. The largest absolute Gasteiger partial charge is 0.508 e. The number of benzene rings is 1. The molecule has 2 nitrogen and oxygen atoms in total. The van der Waals surface area contributed by atoms with E-state index in [1.165, 1.54) is 5.56 Å². The van der Waals surface area contributed by atoms with Crippen molar-refractivity contribution in [2.24, 2.45) is 11.3 Å². The Morgan fingerprint density at radius 2 is 2.20 bits per heavy atom. The van der Waals surface area contributed by atoms with Crippen LogP contribution in [0.2, 0.25) is 0 Å².